The smallest absolute Gasteiger partial charge is 0.246 e. The molecule has 0 aliphatic carbocycles. The zero-order chi connectivity index (χ0) is 20.2. The SMILES string of the molecule is CC1CN(C(=O)/C=C/c2cn(-c3ccccc3)nc2-c2cccnc2)C(C)CO1. The van der Waals surface area contributed by atoms with Crippen LogP contribution in [0.5, 0.6) is 0 Å². The van der Waals surface area contributed by atoms with Crippen LogP contribution in [0.1, 0.15) is 19.4 Å². The largest absolute Gasteiger partial charge is 0.375 e. The number of rotatable bonds is 4. The Hall–Kier alpha value is -3.25. The fraction of sp³-hybridized carbons (Fsp3) is 0.261. The van der Waals surface area contributed by atoms with Crippen molar-refractivity contribution in [3.8, 4) is 16.9 Å². The Morgan fingerprint density at radius 1 is 1.17 bits per heavy atom. The number of hydrogen-bond acceptors (Lipinski definition) is 4. The Bertz CT molecular complexity index is 998. The first-order valence-corrected chi connectivity index (χ1v) is 9.77. The van der Waals surface area contributed by atoms with Gasteiger partial charge in [-0.05, 0) is 44.2 Å². The molecule has 0 spiro atoms. The first kappa shape index (κ1) is 19.1. The van der Waals surface area contributed by atoms with Crippen molar-refractivity contribution in [2.75, 3.05) is 13.2 Å². The second kappa shape index (κ2) is 8.41. The number of hydrogen-bond donors (Lipinski definition) is 0. The number of carbonyl (C=O) groups is 1. The molecule has 3 heterocycles. The van der Waals surface area contributed by atoms with Crippen molar-refractivity contribution in [1.29, 1.82) is 0 Å². The van der Waals surface area contributed by atoms with E-state index < -0.39 is 0 Å². The normalized spacial score (nSPS) is 19.6. The van der Waals surface area contributed by atoms with Crippen molar-refractivity contribution in [3.05, 3.63) is 72.7 Å². The lowest BCUT2D eigenvalue weighted by Crippen LogP contribution is -2.49. The molecule has 2 atom stereocenters. The molecule has 1 aliphatic rings. The summed E-state index contributed by atoms with van der Waals surface area (Å²) in [5.41, 5.74) is 3.51. The van der Waals surface area contributed by atoms with Gasteiger partial charge in [-0.1, -0.05) is 18.2 Å². The molecule has 6 nitrogen and oxygen atoms in total. The van der Waals surface area contributed by atoms with Crippen LogP contribution in [0.25, 0.3) is 23.0 Å². The molecule has 2 unspecified atom stereocenters. The Labute approximate surface area is 170 Å². The zero-order valence-electron chi connectivity index (χ0n) is 16.6. The fourth-order valence-corrected chi connectivity index (χ4v) is 3.42. The third-order valence-electron chi connectivity index (χ3n) is 4.99. The number of para-hydroxylation sites is 1. The number of aromatic nitrogens is 3. The van der Waals surface area contributed by atoms with E-state index >= 15 is 0 Å². The van der Waals surface area contributed by atoms with Gasteiger partial charge in [-0.2, -0.15) is 5.10 Å². The summed E-state index contributed by atoms with van der Waals surface area (Å²) < 4.78 is 7.45. The molecule has 1 aliphatic heterocycles. The number of ether oxygens (including phenoxy) is 1. The van der Waals surface area contributed by atoms with Crippen LogP contribution < -0.4 is 0 Å². The van der Waals surface area contributed by atoms with Gasteiger partial charge in [-0.15, -0.1) is 0 Å². The summed E-state index contributed by atoms with van der Waals surface area (Å²) in [6.45, 7) is 5.16. The molecule has 6 heteroatoms. The predicted molar refractivity (Wildman–Crippen MR) is 112 cm³/mol. The van der Waals surface area contributed by atoms with Crippen LogP contribution in [-0.4, -0.2) is 50.9 Å². The quantitative estimate of drug-likeness (QED) is 0.641. The highest BCUT2D eigenvalue weighted by Crippen LogP contribution is 2.24. The lowest BCUT2D eigenvalue weighted by Gasteiger charge is -2.36. The lowest BCUT2D eigenvalue weighted by molar-refractivity contribution is -0.137. The second-order valence-corrected chi connectivity index (χ2v) is 7.27. The van der Waals surface area contributed by atoms with Gasteiger partial charge in [-0.25, -0.2) is 4.68 Å². The van der Waals surface area contributed by atoms with E-state index in [1.807, 2.05) is 78.2 Å². The van der Waals surface area contributed by atoms with Gasteiger partial charge in [0.05, 0.1) is 24.4 Å². The molecule has 148 valence electrons. The van der Waals surface area contributed by atoms with Crippen LogP contribution in [-0.2, 0) is 9.53 Å². The highest BCUT2D eigenvalue weighted by atomic mass is 16.5. The van der Waals surface area contributed by atoms with E-state index in [2.05, 4.69) is 4.98 Å². The molecule has 2 aromatic heterocycles. The van der Waals surface area contributed by atoms with Crippen molar-refractivity contribution in [1.82, 2.24) is 19.7 Å². The monoisotopic (exact) mass is 388 g/mol. The topological polar surface area (TPSA) is 60.2 Å². The van der Waals surface area contributed by atoms with Crippen LogP contribution in [0.15, 0.2) is 67.1 Å². The van der Waals surface area contributed by atoms with Crippen molar-refractivity contribution >= 4 is 12.0 Å². The minimum atomic E-state index is -0.0164. The van der Waals surface area contributed by atoms with Crippen LogP contribution >= 0.6 is 0 Å². The van der Waals surface area contributed by atoms with E-state index in [1.54, 1.807) is 18.5 Å². The molecule has 0 N–H and O–H groups in total. The summed E-state index contributed by atoms with van der Waals surface area (Å²) in [4.78, 5) is 18.9. The number of nitrogens with zero attached hydrogens (tertiary/aromatic N) is 4. The van der Waals surface area contributed by atoms with Gasteiger partial charge < -0.3 is 9.64 Å². The van der Waals surface area contributed by atoms with Crippen molar-refractivity contribution < 1.29 is 9.53 Å². The molecular weight excluding hydrogens is 364 g/mol. The number of carbonyl (C=O) groups excluding carboxylic acids is 1. The van der Waals surface area contributed by atoms with Crippen molar-refractivity contribution in [3.63, 3.8) is 0 Å². The molecule has 4 rings (SSSR count). The Morgan fingerprint density at radius 3 is 2.76 bits per heavy atom. The molecule has 1 fully saturated rings. The van der Waals surface area contributed by atoms with Crippen LogP contribution in [0.3, 0.4) is 0 Å². The van der Waals surface area contributed by atoms with Gasteiger partial charge >= 0.3 is 0 Å². The Balaban J connectivity index is 1.66. The highest BCUT2D eigenvalue weighted by Gasteiger charge is 2.26. The third kappa shape index (κ3) is 4.27. The number of pyridine rings is 1. The lowest BCUT2D eigenvalue weighted by atomic mass is 10.1. The maximum atomic E-state index is 12.8. The van der Waals surface area contributed by atoms with Gasteiger partial charge in [0, 0.05) is 42.3 Å². The van der Waals surface area contributed by atoms with Gasteiger partial charge in [0.25, 0.3) is 0 Å². The molecule has 0 radical (unpaired) electrons. The van der Waals surface area contributed by atoms with Crippen molar-refractivity contribution in [2.45, 2.75) is 26.0 Å². The van der Waals surface area contributed by atoms with Gasteiger partial charge in [-0.3, -0.25) is 9.78 Å². The van der Waals surface area contributed by atoms with E-state index in [4.69, 9.17) is 9.84 Å². The van der Waals surface area contributed by atoms with E-state index in [9.17, 15) is 4.79 Å². The number of benzene rings is 1. The molecule has 0 bridgehead atoms. The summed E-state index contributed by atoms with van der Waals surface area (Å²) in [6.07, 6.45) is 8.97. The second-order valence-electron chi connectivity index (χ2n) is 7.27. The number of amides is 1. The molecule has 29 heavy (non-hydrogen) atoms. The maximum Gasteiger partial charge on any atom is 0.246 e. The van der Waals surface area contributed by atoms with Crippen LogP contribution in [0, 0.1) is 0 Å². The minimum absolute atomic E-state index is 0.0164. The molecule has 1 aromatic carbocycles. The molecule has 1 saturated heterocycles. The minimum Gasteiger partial charge on any atom is -0.375 e. The van der Waals surface area contributed by atoms with Crippen molar-refractivity contribution in [2.24, 2.45) is 0 Å². The summed E-state index contributed by atoms with van der Waals surface area (Å²) in [7, 11) is 0. The summed E-state index contributed by atoms with van der Waals surface area (Å²) in [5.74, 6) is -0.0164. The maximum absolute atomic E-state index is 12.8. The summed E-state index contributed by atoms with van der Waals surface area (Å²) in [5, 5.41) is 4.75. The average molecular weight is 388 g/mol. The zero-order valence-corrected chi connectivity index (χ0v) is 16.6. The van der Waals surface area contributed by atoms with Crippen LogP contribution in [0.4, 0.5) is 0 Å². The first-order chi connectivity index (χ1) is 14.1. The van der Waals surface area contributed by atoms with E-state index in [0.717, 1.165) is 22.5 Å². The molecule has 0 saturated carbocycles. The first-order valence-electron chi connectivity index (χ1n) is 9.77. The third-order valence-corrected chi connectivity index (χ3v) is 4.99. The Kier molecular flexibility index (Phi) is 5.53. The summed E-state index contributed by atoms with van der Waals surface area (Å²) in [6, 6.07) is 13.8. The van der Waals surface area contributed by atoms with Gasteiger partial charge in [0.15, 0.2) is 0 Å². The van der Waals surface area contributed by atoms with Crippen LogP contribution in [0.2, 0.25) is 0 Å². The summed E-state index contributed by atoms with van der Waals surface area (Å²) >= 11 is 0. The molecular formula is C23H24N4O2. The fourth-order valence-electron chi connectivity index (χ4n) is 3.42. The molecule has 3 aromatic rings. The van der Waals surface area contributed by atoms with E-state index in [0.29, 0.717) is 13.2 Å². The predicted octanol–water partition coefficient (Wildman–Crippen LogP) is 3.58. The van der Waals surface area contributed by atoms with Gasteiger partial charge in [0.2, 0.25) is 5.91 Å². The Morgan fingerprint density at radius 2 is 2.00 bits per heavy atom. The van der Waals surface area contributed by atoms with E-state index in [1.165, 1.54) is 0 Å². The van der Waals surface area contributed by atoms with Gasteiger partial charge in [0.1, 0.15) is 5.69 Å². The average Bonchev–Trinajstić information content (AvgIpc) is 3.19. The molecule has 1 amide bonds. The highest BCUT2D eigenvalue weighted by molar-refractivity contribution is 5.93. The number of morpholine rings is 1. The standard InChI is InChI=1S/C23H24N4O2/c1-17-16-29-18(2)14-26(17)22(28)11-10-20-15-27(21-8-4-3-5-9-21)25-23(20)19-7-6-12-24-13-19/h3-13,15,17-18H,14,16H2,1-2H3/b11-10+. The van der Waals surface area contributed by atoms with E-state index in [-0.39, 0.29) is 18.1 Å².